The summed E-state index contributed by atoms with van der Waals surface area (Å²) in [6.45, 7) is 7.04. The van der Waals surface area contributed by atoms with Gasteiger partial charge in [-0.2, -0.15) is 5.10 Å². The van der Waals surface area contributed by atoms with E-state index in [9.17, 15) is 14.0 Å². The zero-order valence-electron chi connectivity index (χ0n) is 28.7. The zero-order chi connectivity index (χ0) is 35.6. The fourth-order valence-corrected chi connectivity index (χ4v) is 7.05. The number of amides is 2. The van der Waals surface area contributed by atoms with E-state index in [1.807, 2.05) is 17.2 Å². The van der Waals surface area contributed by atoms with Crippen molar-refractivity contribution in [3.63, 3.8) is 0 Å². The van der Waals surface area contributed by atoms with Gasteiger partial charge < -0.3 is 19.7 Å². The number of aromatic nitrogens is 5. The molecule has 0 saturated carbocycles. The number of ether oxygens (including phenoxy) is 2. The van der Waals surface area contributed by atoms with E-state index in [2.05, 4.69) is 48.4 Å². The lowest BCUT2D eigenvalue weighted by Gasteiger charge is -2.28. The van der Waals surface area contributed by atoms with Crippen LogP contribution in [0.1, 0.15) is 31.2 Å². The minimum atomic E-state index is -0.470. The molecule has 51 heavy (non-hydrogen) atoms. The fourth-order valence-electron chi connectivity index (χ4n) is 6.12. The molecule has 2 aliphatic rings. The Morgan fingerprint density at radius 2 is 2.00 bits per heavy atom. The molecule has 0 bridgehead atoms. The van der Waals surface area contributed by atoms with Crippen LogP contribution in [-0.4, -0.2) is 100 Å². The monoisotopic (exact) mass is 712 g/mol. The smallest absolute Gasteiger partial charge is 0.237 e. The van der Waals surface area contributed by atoms with E-state index in [-0.39, 0.29) is 18.3 Å². The zero-order valence-corrected chi connectivity index (χ0v) is 29.5. The van der Waals surface area contributed by atoms with Gasteiger partial charge in [0.2, 0.25) is 12.3 Å². The van der Waals surface area contributed by atoms with Crippen molar-refractivity contribution in [3.8, 4) is 27.7 Å². The van der Waals surface area contributed by atoms with Crippen LogP contribution in [0.4, 0.5) is 10.1 Å². The van der Waals surface area contributed by atoms with Crippen LogP contribution in [0.25, 0.3) is 38.4 Å². The van der Waals surface area contributed by atoms with E-state index < -0.39 is 5.82 Å². The molecule has 5 heterocycles. The van der Waals surface area contributed by atoms with Gasteiger partial charge in [-0.15, -0.1) is 11.3 Å². The second-order valence-electron chi connectivity index (χ2n) is 12.3. The number of halogens is 1. The summed E-state index contributed by atoms with van der Waals surface area (Å²) in [6.07, 6.45) is 11.4. The van der Waals surface area contributed by atoms with Crippen molar-refractivity contribution >= 4 is 45.8 Å². The molecule has 1 fully saturated rings. The van der Waals surface area contributed by atoms with Gasteiger partial charge >= 0.3 is 0 Å². The Morgan fingerprint density at radius 3 is 2.73 bits per heavy atom. The predicted molar refractivity (Wildman–Crippen MR) is 196 cm³/mol. The van der Waals surface area contributed by atoms with Crippen molar-refractivity contribution < 1.29 is 23.5 Å². The number of nitrogens with zero attached hydrogens (tertiary/aromatic N) is 6. The highest BCUT2D eigenvalue weighted by molar-refractivity contribution is 7.16. The highest BCUT2D eigenvalue weighted by Gasteiger charge is 2.26. The van der Waals surface area contributed by atoms with E-state index in [1.54, 1.807) is 61.2 Å². The Balaban J connectivity index is 0.000000177. The van der Waals surface area contributed by atoms with Crippen molar-refractivity contribution in [2.24, 2.45) is 5.92 Å². The van der Waals surface area contributed by atoms with Gasteiger partial charge in [0.15, 0.2) is 17.4 Å². The van der Waals surface area contributed by atoms with Crippen LogP contribution in [0.5, 0.6) is 5.75 Å². The van der Waals surface area contributed by atoms with Crippen LogP contribution in [0, 0.1) is 11.7 Å². The van der Waals surface area contributed by atoms with Gasteiger partial charge in [-0.05, 0) is 73.3 Å². The average Bonchev–Trinajstić information content (AvgIpc) is 3.94. The van der Waals surface area contributed by atoms with E-state index >= 15 is 0 Å². The number of nitrogens with one attached hydrogen (secondary N) is 2. The molecule has 5 aromatic rings. The summed E-state index contributed by atoms with van der Waals surface area (Å²) < 4.78 is 24.4. The number of fused-ring (bicyclic) bond motifs is 1. The Morgan fingerprint density at radius 1 is 1.14 bits per heavy atom. The third-order valence-electron chi connectivity index (χ3n) is 8.97. The molecule has 1 saturated heterocycles. The normalized spacial score (nSPS) is 16.0. The number of carbonyl (C=O) groups excluding carboxylic acids is 2. The highest BCUT2D eigenvalue weighted by atomic mass is 32.1. The maximum absolute atomic E-state index is 14.2. The molecular weight excluding hydrogens is 672 g/mol. The van der Waals surface area contributed by atoms with Crippen LogP contribution in [0.2, 0.25) is 0 Å². The molecule has 0 spiro atoms. The number of likely N-dealkylation sites (tertiary alicyclic amines) is 1. The third-order valence-corrected chi connectivity index (χ3v) is 10.0. The third kappa shape index (κ3) is 9.01. The first-order chi connectivity index (χ1) is 24.9. The summed E-state index contributed by atoms with van der Waals surface area (Å²) in [5, 5.41) is 11.5. The maximum Gasteiger partial charge on any atom is 0.237 e. The average molecular weight is 713 g/mol. The van der Waals surface area contributed by atoms with E-state index in [0.717, 1.165) is 52.8 Å². The molecule has 266 valence electrons. The topological polar surface area (TPSA) is 138 Å². The molecule has 1 unspecified atom stereocenters. The van der Waals surface area contributed by atoms with Crippen molar-refractivity contribution in [1.29, 1.82) is 0 Å². The molecule has 14 heteroatoms. The number of aromatic amines is 1. The van der Waals surface area contributed by atoms with Gasteiger partial charge in [0.1, 0.15) is 17.3 Å². The number of H-pyrrole nitrogens is 1. The van der Waals surface area contributed by atoms with Crippen LogP contribution in [-0.2, 0) is 14.3 Å². The van der Waals surface area contributed by atoms with Crippen molar-refractivity contribution in [3.05, 3.63) is 78.0 Å². The molecule has 2 aromatic carbocycles. The second-order valence-corrected chi connectivity index (χ2v) is 13.3. The highest BCUT2D eigenvalue weighted by Crippen LogP contribution is 2.32. The van der Waals surface area contributed by atoms with Crippen LogP contribution in [0.3, 0.4) is 0 Å². The number of anilines is 1. The first-order valence-corrected chi connectivity index (χ1v) is 17.8. The Kier molecular flexibility index (Phi) is 12.1. The standard InChI is InChI=1S/C20H25N5OS.C17H16FN3O3/c1-2-15-4-9-24(13-15)14-18(26)25-10-5-16(6-11-25)20-23-12-17(27-20)19-21-7-3-8-22-19;1-23-6-7-24-16-5-2-11(8-14(16)18)17-13-9-12(19-10-22)3-4-15(13)20-21-17/h3,5,7-8,12,15H,2,4,6,9-11,13-14H2,1H3;2-5,8-10H,6-7H2,1H3,(H,19,22)(H,20,21). The first-order valence-electron chi connectivity index (χ1n) is 17.0. The van der Waals surface area contributed by atoms with Gasteiger partial charge in [-0.25, -0.2) is 19.3 Å². The Labute approximate surface area is 299 Å². The summed E-state index contributed by atoms with van der Waals surface area (Å²) in [5.74, 6) is 1.42. The van der Waals surface area contributed by atoms with Crippen LogP contribution in [0.15, 0.2) is 67.1 Å². The lowest BCUT2D eigenvalue weighted by molar-refractivity contribution is -0.131. The molecule has 2 aliphatic heterocycles. The molecule has 0 aliphatic carbocycles. The number of hydrogen-bond acceptors (Lipinski definition) is 10. The summed E-state index contributed by atoms with van der Waals surface area (Å²) in [6, 6.07) is 11.8. The van der Waals surface area contributed by atoms with E-state index in [4.69, 9.17) is 9.47 Å². The Hall–Kier alpha value is -5.05. The molecule has 2 N–H and O–H groups in total. The molecule has 7 rings (SSSR count). The van der Waals surface area contributed by atoms with Gasteiger partial charge in [0, 0.05) is 62.0 Å². The van der Waals surface area contributed by atoms with Crippen molar-refractivity contribution in [1.82, 2.24) is 34.9 Å². The summed E-state index contributed by atoms with van der Waals surface area (Å²) in [4.78, 5) is 41.6. The summed E-state index contributed by atoms with van der Waals surface area (Å²) in [7, 11) is 1.55. The lowest BCUT2D eigenvalue weighted by Crippen LogP contribution is -2.41. The van der Waals surface area contributed by atoms with Gasteiger partial charge in [0.25, 0.3) is 0 Å². The maximum atomic E-state index is 14.2. The van der Waals surface area contributed by atoms with Crippen LogP contribution >= 0.6 is 11.3 Å². The predicted octanol–water partition coefficient (Wildman–Crippen LogP) is 5.91. The number of carbonyl (C=O) groups is 2. The largest absolute Gasteiger partial charge is 0.488 e. The SMILES string of the molecule is CCC1CCN(CC(=O)N2CC=C(c3ncc(-c4ncccn4)s3)CC2)C1.COCCOc1ccc(-c2n[nH]c3ccc(NC=O)cc23)cc1F. The molecule has 3 aromatic heterocycles. The van der Waals surface area contributed by atoms with E-state index in [1.165, 1.54) is 24.5 Å². The van der Waals surface area contributed by atoms with Gasteiger partial charge in [-0.3, -0.25) is 19.6 Å². The molecule has 12 nitrogen and oxygen atoms in total. The molecule has 0 radical (unpaired) electrons. The molecule has 2 amide bonds. The minimum Gasteiger partial charge on any atom is -0.488 e. The second kappa shape index (κ2) is 17.2. The van der Waals surface area contributed by atoms with Gasteiger partial charge in [0.05, 0.1) is 23.5 Å². The number of methoxy groups -OCH3 is 1. The Bertz CT molecular complexity index is 1970. The summed E-state index contributed by atoms with van der Waals surface area (Å²) >= 11 is 1.61. The lowest BCUT2D eigenvalue weighted by atomic mass is 10.1. The minimum absolute atomic E-state index is 0.166. The summed E-state index contributed by atoms with van der Waals surface area (Å²) in [5.41, 5.74) is 3.86. The quantitative estimate of drug-likeness (QED) is 0.119. The van der Waals surface area contributed by atoms with Crippen molar-refractivity contribution in [2.45, 2.75) is 26.2 Å². The molecular formula is C37H41FN8O4S. The first kappa shape index (κ1) is 35.8. The number of hydrogen-bond donors (Lipinski definition) is 2. The van der Waals surface area contributed by atoms with E-state index in [0.29, 0.717) is 48.9 Å². The fraction of sp³-hybridized carbons (Fsp3) is 0.351. The molecule has 1 atom stereocenters. The van der Waals surface area contributed by atoms with Crippen molar-refractivity contribution in [2.75, 3.05) is 58.4 Å². The van der Waals surface area contributed by atoms with Crippen LogP contribution < -0.4 is 10.1 Å². The number of rotatable bonds is 12. The number of benzene rings is 2. The van der Waals surface area contributed by atoms with Gasteiger partial charge in [-0.1, -0.05) is 19.4 Å². The number of thiazole rings is 1.